The molecule has 4 heterocycles. The van der Waals surface area contributed by atoms with Gasteiger partial charge in [0.15, 0.2) is 0 Å². The van der Waals surface area contributed by atoms with Crippen LogP contribution in [-0.4, -0.2) is 76.0 Å². The van der Waals surface area contributed by atoms with Crippen LogP contribution in [0.15, 0.2) is 16.8 Å². The molecule has 0 spiro atoms. The van der Waals surface area contributed by atoms with E-state index in [9.17, 15) is 14.7 Å². The molecule has 1 N–H and O–H groups in total. The first-order valence-corrected chi connectivity index (χ1v) is 8.60. The molecule has 3 saturated heterocycles. The molecule has 4 rings (SSSR count). The third-order valence-corrected chi connectivity index (χ3v) is 5.60. The van der Waals surface area contributed by atoms with E-state index in [0.29, 0.717) is 26.1 Å². The number of piperazine rings is 2. The first-order chi connectivity index (χ1) is 10.6. The Morgan fingerprint density at radius 1 is 1.14 bits per heavy atom. The van der Waals surface area contributed by atoms with Gasteiger partial charge in [-0.25, -0.2) is 0 Å². The van der Waals surface area contributed by atoms with Crippen LogP contribution in [0.5, 0.6) is 0 Å². The van der Waals surface area contributed by atoms with E-state index >= 15 is 0 Å². The summed E-state index contributed by atoms with van der Waals surface area (Å²) in [6.07, 6.45) is -0.187. The van der Waals surface area contributed by atoms with Crippen molar-refractivity contribution in [3.63, 3.8) is 0 Å². The summed E-state index contributed by atoms with van der Waals surface area (Å²) in [5, 5.41) is 13.9. The Morgan fingerprint density at radius 2 is 1.95 bits per heavy atom. The van der Waals surface area contributed by atoms with Crippen LogP contribution in [-0.2, 0) is 16.1 Å². The minimum Gasteiger partial charge on any atom is -0.391 e. The van der Waals surface area contributed by atoms with Crippen LogP contribution in [0.3, 0.4) is 0 Å². The number of rotatable bonds is 2. The zero-order valence-corrected chi connectivity index (χ0v) is 13.0. The zero-order valence-electron chi connectivity index (χ0n) is 12.2. The number of carbonyl (C=O) groups excluding carboxylic acids is 2. The summed E-state index contributed by atoms with van der Waals surface area (Å²) >= 11 is 1.67. The number of fused-ring (bicyclic) bond motifs is 2. The molecule has 0 aliphatic carbocycles. The van der Waals surface area contributed by atoms with Crippen molar-refractivity contribution in [2.45, 2.75) is 31.2 Å². The Hall–Kier alpha value is -1.44. The number of aliphatic hydroxyl groups excluding tert-OH is 1. The van der Waals surface area contributed by atoms with Crippen molar-refractivity contribution < 1.29 is 14.7 Å². The molecule has 118 valence electrons. The van der Waals surface area contributed by atoms with E-state index in [-0.39, 0.29) is 17.9 Å². The largest absolute Gasteiger partial charge is 0.391 e. The minimum atomic E-state index is -0.568. The van der Waals surface area contributed by atoms with E-state index in [2.05, 4.69) is 21.7 Å². The molecule has 0 saturated carbocycles. The summed E-state index contributed by atoms with van der Waals surface area (Å²) in [5.74, 6) is 0.00695. The highest BCUT2D eigenvalue weighted by Gasteiger charge is 2.51. The molecule has 0 radical (unpaired) electrons. The van der Waals surface area contributed by atoms with E-state index in [1.807, 2.05) is 0 Å². The Labute approximate surface area is 132 Å². The molecule has 3 atom stereocenters. The highest BCUT2D eigenvalue weighted by atomic mass is 32.1. The topological polar surface area (TPSA) is 64.1 Å². The second-order valence-electron chi connectivity index (χ2n) is 6.31. The van der Waals surface area contributed by atoms with E-state index in [1.54, 1.807) is 21.1 Å². The van der Waals surface area contributed by atoms with Gasteiger partial charge in [-0.2, -0.15) is 11.3 Å². The highest BCUT2D eigenvalue weighted by molar-refractivity contribution is 7.07. The van der Waals surface area contributed by atoms with Crippen LogP contribution in [0.25, 0.3) is 0 Å². The summed E-state index contributed by atoms with van der Waals surface area (Å²) in [6.45, 7) is 3.09. The minimum absolute atomic E-state index is 0.00355. The Kier molecular flexibility index (Phi) is 3.43. The molecule has 0 unspecified atom stereocenters. The number of aliphatic hydroxyl groups is 1. The van der Waals surface area contributed by atoms with Crippen LogP contribution >= 0.6 is 11.3 Å². The fourth-order valence-corrected chi connectivity index (χ4v) is 4.43. The van der Waals surface area contributed by atoms with E-state index < -0.39 is 12.1 Å². The van der Waals surface area contributed by atoms with Crippen molar-refractivity contribution in [2.75, 3.05) is 26.2 Å². The van der Waals surface area contributed by atoms with Gasteiger partial charge in [0.2, 0.25) is 11.8 Å². The van der Waals surface area contributed by atoms with Gasteiger partial charge in [-0.3, -0.25) is 14.5 Å². The van der Waals surface area contributed by atoms with Gasteiger partial charge < -0.3 is 14.9 Å². The second-order valence-corrected chi connectivity index (χ2v) is 7.09. The van der Waals surface area contributed by atoms with E-state index in [1.165, 1.54) is 5.56 Å². The van der Waals surface area contributed by atoms with Gasteiger partial charge in [-0.15, -0.1) is 0 Å². The zero-order chi connectivity index (χ0) is 15.3. The van der Waals surface area contributed by atoms with Gasteiger partial charge in [0, 0.05) is 39.1 Å². The van der Waals surface area contributed by atoms with Crippen LogP contribution < -0.4 is 0 Å². The summed E-state index contributed by atoms with van der Waals surface area (Å²) in [6, 6.07) is 1.26. The van der Waals surface area contributed by atoms with Crippen LogP contribution in [0.1, 0.15) is 12.0 Å². The molecule has 1 aromatic rings. The SMILES string of the molecule is O=C1[C@@H]2C[C@@H](O)CN2C(=O)[C@H]2CN(Cc3ccsc3)CCN12. The maximum absolute atomic E-state index is 12.7. The normalized spacial score (nSPS) is 32.3. The fraction of sp³-hybridized carbons (Fsp3) is 0.600. The molecule has 6 nitrogen and oxygen atoms in total. The molecule has 7 heteroatoms. The quantitative estimate of drug-likeness (QED) is 0.815. The number of carbonyl (C=O) groups is 2. The molecular formula is C15H19N3O3S. The lowest BCUT2D eigenvalue weighted by Gasteiger charge is -2.47. The molecule has 3 aliphatic rings. The summed E-state index contributed by atoms with van der Waals surface area (Å²) < 4.78 is 0. The van der Waals surface area contributed by atoms with E-state index in [4.69, 9.17) is 0 Å². The number of hydrogen-bond donors (Lipinski definition) is 1. The average molecular weight is 321 g/mol. The number of amides is 2. The smallest absolute Gasteiger partial charge is 0.247 e. The lowest BCUT2D eigenvalue weighted by atomic mass is 10.0. The van der Waals surface area contributed by atoms with Gasteiger partial charge in [-0.1, -0.05) is 0 Å². The predicted octanol–water partition coefficient (Wildman–Crippen LogP) is -0.264. The van der Waals surface area contributed by atoms with Crippen molar-refractivity contribution in [3.8, 4) is 0 Å². The maximum Gasteiger partial charge on any atom is 0.247 e. The lowest BCUT2D eigenvalue weighted by Crippen LogP contribution is -2.68. The van der Waals surface area contributed by atoms with E-state index in [0.717, 1.165) is 13.1 Å². The van der Waals surface area contributed by atoms with Gasteiger partial charge in [0.25, 0.3) is 0 Å². The predicted molar refractivity (Wildman–Crippen MR) is 81.2 cm³/mol. The number of thiophene rings is 1. The van der Waals surface area contributed by atoms with Crippen molar-refractivity contribution in [1.82, 2.24) is 14.7 Å². The van der Waals surface area contributed by atoms with Gasteiger partial charge in [-0.05, 0) is 22.4 Å². The molecule has 0 aromatic carbocycles. The van der Waals surface area contributed by atoms with Crippen LogP contribution in [0.2, 0.25) is 0 Å². The molecule has 3 aliphatic heterocycles. The first kappa shape index (κ1) is 14.2. The summed E-state index contributed by atoms with van der Waals surface area (Å²) in [7, 11) is 0. The number of hydrogen-bond acceptors (Lipinski definition) is 5. The molecule has 22 heavy (non-hydrogen) atoms. The second kappa shape index (κ2) is 5.33. The molecular weight excluding hydrogens is 302 g/mol. The third-order valence-electron chi connectivity index (χ3n) is 4.87. The first-order valence-electron chi connectivity index (χ1n) is 7.66. The Bertz CT molecular complexity index is 591. The third kappa shape index (κ3) is 2.24. The van der Waals surface area contributed by atoms with Crippen molar-refractivity contribution in [3.05, 3.63) is 22.4 Å². The molecule has 3 fully saturated rings. The Balaban J connectivity index is 1.51. The maximum atomic E-state index is 12.7. The van der Waals surface area contributed by atoms with Gasteiger partial charge in [0.05, 0.1) is 6.10 Å². The van der Waals surface area contributed by atoms with Crippen molar-refractivity contribution in [1.29, 1.82) is 0 Å². The highest BCUT2D eigenvalue weighted by Crippen LogP contribution is 2.29. The van der Waals surface area contributed by atoms with Crippen LogP contribution in [0, 0.1) is 0 Å². The molecule has 0 bridgehead atoms. The number of nitrogens with zero attached hydrogens (tertiary/aromatic N) is 3. The summed E-state index contributed by atoms with van der Waals surface area (Å²) in [4.78, 5) is 30.8. The summed E-state index contributed by atoms with van der Waals surface area (Å²) in [5.41, 5.74) is 1.25. The van der Waals surface area contributed by atoms with Crippen molar-refractivity contribution in [2.24, 2.45) is 0 Å². The van der Waals surface area contributed by atoms with Gasteiger partial charge in [0.1, 0.15) is 12.1 Å². The van der Waals surface area contributed by atoms with Gasteiger partial charge >= 0.3 is 0 Å². The average Bonchev–Trinajstić information content (AvgIpc) is 3.14. The molecule has 2 amide bonds. The van der Waals surface area contributed by atoms with Crippen molar-refractivity contribution >= 4 is 23.2 Å². The fourth-order valence-electron chi connectivity index (χ4n) is 3.77. The monoisotopic (exact) mass is 321 g/mol. The Morgan fingerprint density at radius 3 is 2.73 bits per heavy atom. The lowest BCUT2D eigenvalue weighted by molar-refractivity contribution is -0.163. The van der Waals surface area contributed by atoms with Crippen LogP contribution in [0.4, 0.5) is 0 Å². The molecule has 1 aromatic heterocycles. The standard InChI is InChI=1S/C15H19N3O3S/c19-11-5-12-14(20)17-3-2-16(6-10-1-4-22-9-10)8-13(17)15(21)18(12)7-11/h1,4,9,11-13,19H,2-3,5-8H2/t11-,12+,13-/m1/s1.